The first kappa shape index (κ1) is 10.8. The van der Waals surface area contributed by atoms with E-state index in [1.807, 2.05) is 6.07 Å². The second-order valence-corrected chi connectivity index (χ2v) is 4.04. The van der Waals surface area contributed by atoms with Crippen LogP contribution in [0.25, 0.3) is 0 Å². The highest BCUT2D eigenvalue weighted by atomic mass is 15.4. The number of piperazine rings is 1. The van der Waals surface area contributed by atoms with Gasteiger partial charge >= 0.3 is 0 Å². The third-order valence-electron chi connectivity index (χ3n) is 2.89. The van der Waals surface area contributed by atoms with E-state index >= 15 is 0 Å². The minimum Gasteiger partial charge on any atom is -0.368 e. The van der Waals surface area contributed by atoms with Crippen molar-refractivity contribution in [3.8, 4) is 0 Å². The van der Waals surface area contributed by atoms with Crippen LogP contribution in [0.2, 0.25) is 0 Å². The molecule has 0 atom stereocenters. The molecule has 0 aliphatic carbocycles. The summed E-state index contributed by atoms with van der Waals surface area (Å²) in [4.78, 5) is 16.8. The molecule has 1 saturated heterocycles. The van der Waals surface area contributed by atoms with Gasteiger partial charge in [-0.2, -0.15) is 4.98 Å². The molecule has 1 aliphatic rings. The summed E-state index contributed by atoms with van der Waals surface area (Å²) in [6, 6.07) is 1.82. The van der Waals surface area contributed by atoms with Gasteiger partial charge in [-0.05, 0) is 6.07 Å². The largest absolute Gasteiger partial charge is 0.368 e. The summed E-state index contributed by atoms with van der Waals surface area (Å²) in [5, 5.41) is 6.70. The van der Waals surface area contributed by atoms with Crippen molar-refractivity contribution in [3.05, 3.63) is 18.5 Å². The molecule has 18 heavy (non-hydrogen) atoms. The summed E-state index contributed by atoms with van der Waals surface area (Å²) >= 11 is 0. The predicted octanol–water partition coefficient (Wildman–Crippen LogP) is -0.497. The van der Waals surface area contributed by atoms with E-state index in [9.17, 15) is 0 Å². The van der Waals surface area contributed by atoms with Gasteiger partial charge in [-0.3, -0.25) is 0 Å². The van der Waals surface area contributed by atoms with Gasteiger partial charge in [-0.25, -0.2) is 15.1 Å². The fourth-order valence-electron chi connectivity index (χ4n) is 1.97. The lowest BCUT2D eigenvalue weighted by Gasteiger charge is -2.33. The smallest absolute Gasteiger partial charge is 0.246 e. The topological polar surface area (TPSA) is 99.8 Å². The molecular weight excluding hydrogens is 232 g/mol. The van der Waals surface area contributed by atoms with Crippen molar-refractivity contribution >= 4 is 17.8 Å². The standard InChI is InChI=1S/C10H14N8/c11-8-14-10(16-15-8)18-6-4-17(5-7-18)9-12-2-1-3-13-9/h1-3H,4-7H2,(H3,11,14,15,16). The van der Waals surface area contributed by atoms with Gasteiger partial charge in [0.05, 0.1) is 0 Å². The zero-order valence-electron chi connectivity index (χ0n) is 9.82. The number of anilines is 3. The minimum atomic E-state index is 0.346. The Morgan fingerprint density at radius 2 is 1.61 bits per heavy atom. The first-order valence-corrected chi connectivity index (χ1v) is 5.78. The Kier molecular flexibility index (Phi) is 2.67. The quantitative estimate of drug-likeness (QED) is 0.737. The van der Waals surface area contributed by atoms with Gasteiger partial charge < -0.3 is 15.5 Å². The Morgan fingerprint density at radius 1 is 1.00 bits per heavy atom. The molecule has 0 spiro atoms. The average molecular weight is 246 g/mol. The number of hydrogen-bond donors (Lipinski definition) is 2. The van der Waals surface area contributed by atoms with Crippen LogP contribution in [0.4, 0.5) is 17.8 Å². The number of aromatic amines is 1. The normalized spacial score (nSPS) is 16.0. The molecule has 8 nitrogen and oxygen atoms in total. The van der Waals surface area contributed by atoms with E-state index in [0.717, 1.165) is 32.1 Å². The lowest BCUT2D eigenvalue weighted by atomic mass is 10.3. The Bertz CT molecular complexity index is 502. The van der Waals surface area contributed by atoms with Crippen molar-refractivity contribution in [2.75, 3.05) is 41.7 Å². The number of nitrogens with one attached hydrogen (secondary N) is 1. The van der Waals surface area contributed by atoms with Gasteiger partial charge in [0, 0.05) is 38.6 Å². The van der Waals surface area contributed by atoms with Crippen LogP contribution in [-0.2, 0) is 0 Å². The van der Waals surface area contributed by atoms with Gasteiger partial charge in [0.1, 0.15) is 0 Å². The van der Waals surface area contributed by atoms with Crippen LogP contribution >= 0.6 is 0 Å². The molecule has 2 aromatic heterocycles. The number of H-pyrrole nitrogens is 1. The zero-order valence-corrected chi connectivity index (χ0v) is 9.82. The van der Waals surface area contributed by atoms with Crippen LogP contribution < -0.4 is 15.5 Å². The van der Waals surface area contributed by atoms with Crippen molar-refractivity contribution in [2.24, 2.45) is 0 Å². The van der Waals surface area contributed by atoms with Crippen LogP contribution in [0.3, 0.4) is 0 Å². The molecule has 0 bridgehead atoms. The van der Waals surface area contributed by atoms with Gasteiger partial charge in [-0.15, -0.1) is 5.10 Å². The van der Waals surface area contributed by atoms with Crippen LogP contribution in [0.5, 0.6) is 0 Å². The molecule has 3 rings (SSSR count). The molecule has 94 valence electrons. The number of nitrogens with two attached hydrogens (primary N) is 1. The van der Waals surface area contributed by atoms with E-state index in [-0.39, 0.29) is 0 Å². The molecule has 0 aromatic carbocycles. The summed E-state index contributed by atoms with van der Waals surface area (Å²) in [6.45, 7) is 3.35. The third kappa shape index (κ3) is 2.04. The molecule has 3 heterocycles. The molecule has 0 unspecified atom stereocenters. The maximum atomic E-state index is 5.52. The Balaban J connectivity index is 1.65. The van der Waals surface area contributed by atoms with Gasteiger partial charge in [0.15, 0.2) is 0 Å². The molecule has 3 N–H and O–H groups in total. The van der Waals surface area contributed by atoms with E-state index in [0.29, 0.717) is 11.9 Å². The van der Waals surface area contributed by atoms with E-state index < -0.39 is 0 Å². The summed E-state index contributed by atoms with van der Waals surface area (Å²) in [7, 11) is 0. The highest BCUT2D eigenvalue weighted by Crippen LogP contribution is 2.14. The minimum absolute atomic E-state index is 0.346. The second kappa shape index (κ2) is 4.47. The number of hydrogen-bond acceptors (Lipinski definition) is 7. The first-order chi connectivity index (χ1) is 8.83. The van der Waals surface area contributed by atoms with Crippen molar-refractivity contribution in [2.45, 2.75) is 0 Å². The Morgan fingerprint density at radius 3 is 2.17 bits per heavy atom. The number of aromatic nitrogens is 5. The molecule has 1 fully saturated rings. The lowest BCUT2D eigenvalue weighted by Crippen LogP contribution is -2.47. The second-order valence-electron chi connectivity index (χ2n) is 4.04. The highest BCUT2D eigenvalue weighted by Gasteiger charge is 2.21. The molecule has 8 heteroatoms. The number of rotatable bonds is 2. The SMILES string of the molecule is Nc1nc(N2CCN(c3ncccn3)CC2)n[nH]1. The number of nitrogens with zero attached hydrogens (tertiary/aromatic N) is 6. The predicted molar refractivity (Wildman–Crippen MR) is 67.3 cm³/mol. The van der Waals surface area contributed by atoms with Crippen LogP contribution in [-0.4, -0.2) is 51.3 Å². The fourth-order valence-corrected chi connectivity index (χ4v) is 1.97. The van der Waals surface area contributed by atoms with Crippen LogP contribution in [0.15, 0.2) is 18.5 Å². The Labute approximate surface area is 104 Å². The van der Waals surface area contributed by atoms with E-state index in [1.165, 1.54) is 0 Å². The van der Waals surface area contributed by atoms with Crippen LogP contribution in [0.1, 0.15) is 0 Å². The van der Waals surface area contributed by atoms with Gasteiger partial charge in [0.2, 0.25) is 17.8 Å². The maximum absolute atomic E-state index is 5.52. The van der Waals surface area contributed by atoms with Gasteiger partial charge in [0.25, 0.3) is 0 Å². The average Bonchev–Trinajstić information content (AvgIpc) is 2.87. The van der Waals surface area contributed by atoms with E-state index in [2.05, 4.69) is 34.9 Å². The molecule has 0 amide bonds. The molecular formula is C10H14N8. The molecule has 0 radical (unpaired) electrons. The van der Waals surface area contributed by atoms with Gasteiger partial charge in [-0.1, -0.05) is 0 Å². The summed E-state index contributed by atoms with van der Waals surface area (Å²) in [5.41, 5.74) is 5.52. The highest BCUT2D eigenvalue weighted by molar-refractivity contribution is 5.38. The van der Waals surface area contributed by atoms with Crippen molar-refractivity contribution in [1.29, 1.82) is 0 Å². The summed E-state index contributed by atoms with van der Waals surface area (Å²) < 4.78 is 0. The fraction of sp³-hybridized carbons (Fsp3) is 0.400. The first-order valence-electron chi connectivity index (χ1n) is 5.78. The third-order valence-corrected chi connectivity index (χ3v) is 2.89. The molecule has 0 saturated carbocycles. The lowest BCUT2D eigenvalue weighted by molar-refractivity contribution is 0.629. The van der Waals surface area contributed by atoms with E-state index in [1.54, 1.807) is 12.4 Å². The van der Waals surface area contributed by atoms with E-state index in [4.69, 9.17) is 5.73 Å². The number of nitrogen functional groups attached to an aromatic ring is 1. The van der Waals surface area contributed by atoms with Crippen LogP contribution in [0, 0.1) is 0 Å². The van der Waals surface area contributed by atoms with Crippen molar-refractivity contribution in [1.82, 2.24) is 25.1 Å². The molecule has 2 aromatic rings. The summed E-state index contributed by atoms with van der Waals surface area (Å²) in [5.74, 6) is 1.77. The molecule has 1 aliphatic heterocycles. The monoisotopic (exact) mass is 246 g/mol. The zero-order chi connectivity index (χ0) is 12.4. The Hall–Kier alpha value is -2.38. The van der Waals surface area contributed by atoms with Crippen molar-refractivity contribution < 1.29 is 0 Å². The summed E-state index contributed by atoms with van der Waals surface area (Å²) in [6.07, 6.45) is 3.51. The maximum Gasteiger partial charge on any atom is 0.246 e. The van der Waals surface area contributed by atoms with Crippen molar-refractivity contribution in [3.63, 3.8) is 0 Å².